The van der Waals surface area contributed by atoms with Crippen LogP contribution in [0.2, 0.25) is 0 Å². The van der Waals surface area contributed by atoms with Crippen LogP contribution < -0.4 is 0 Å². The summed E-state index contributed by atoms with van der Waals surface area (Å²) in [6, 6.07) is -0.804. The van der Waals surface area contributed by atoms with Crippen molar-refractivity contribution in [1.82, 2.24) is 0 Å². The molecule has 9 heavy (non-hydrogen) atoms. The maximum absolute atomic E-state index is 10.6. The molecule has 0 aliphatic carbocycles. The Hall–Kier alpha value is -0.345. The predicted octanol–water partition coefficient (Wildman–Crippen LogP) is -1.17. The summed E-state index contributed by atoms with van der Waals surface area (Å²) in [6.07, 6.45) is -0.120. The van der Waals surface area contributed by atoms with E-state index >= 15 is 0 Å². The zero-order valence-corrected chi connectivity index (χ0v) is 4.91. The molecule has 1 rings (SSSR count). The minimum atomic E-state index is -0.804. The Balaban J connectivity index is 2.44. The Morgan fingerprint density at radius 1 is 1.89 bits per heavy atom. The second-order valence-corrected chi connectivity index (χ2v) is 2.03. The molecule has 2 atom stereocenters. The lowest BCUT2D eigenvalue weighted by Crippen LogP contribution is -2.16. The molecule has 0 aromatic rings. The van der Waals surface area contributed by atoms with E-state index in [9.17, 15) is 4.79 Å². The molecule has 1 heterocycles. The van der Waals surface area contributed by atoms with Gasteiger partial charge in [0.1, 0.15) is 7.85 Å². The molecule has 1 aliphatic rings. The lowest BCUT2D eigenvalue weighted by atomic mass is 9.96. The van der Waals surface area contributed by atoms with E-state index in [-0.39, 0.29) is 24.9 Å². The van der Waals surface area contributed by atoms with Crippen LogP contribution in [0.4, 0.5) is 0 Å². The average Bonchev–Trinajstić information content (AvgIpc) is 2.13. The summed E-state index contributed by atoms with van der Waals surface area (Å²) in [5.41, 5.74) is 0. The molecule has 4 heteroatoms. The van der Waals surface area contributed by atoms with Gasteiger partial charge >= 0.3 is 0 Å². The number of rotatable bonds is 1. The fourth-order valence-corrected chi connectivity index (χ4v) is 0.779. The predicted molar refractivity (Wildman–Crippen MR) is 31.1 cm³/mol. The van der Waals surface area contributed by atoms with Crippen molar-refractivity contribution < 1.29 is 14.6 Å². The summed E-state index contributed by atoms with van der Waals surface area (Å²) < 4.78 is 4.80. The van der Waals surface area contributed by atoms with Gasteiger partial charge in [0, 0.05) is 6.42 Å². The highest BCUT2D eigenvalue weighted by Crippen LogP contribution is 2.12. The summed E-state index contributed by atoms with van der Waals surface area (Å²) in [5.74, 6) is -0.131. The standard InChI is InChI=1S/C5H7BO3/c6-5-4(8)1-3(2-7)9-5/h3,5,7H,1-2H2/t3-,5+/m0/s1. The van der Waals surface area contributed by atoms with Crippen molar-refractivity contribution in [2.45, 2.75) is 18.5 Å². The average molecular weight is 126 g/mol. The highest BCUT2D eigenvalue weighted by molar-refractivity contribution is 6.24. The quantitative estimate of drug-likeness (QED) is 0.450. The first-order chi connectivity index (χ1) is 4.24. The van der Waals surface area contributed by atoms with Crippen LogP contribution in [0.25, 0.3) is 0 Å². The van der Waals surface area contributed by atoms with Gasteiger partial charge in [0.15, 0.2) is 5.78 Å². The van der Waals surface area contributed by atoms with Gasteiger partial charge in [0.25, 0.3) is 0 Å². The normalized spacial score (nSPS) is 35.4. The summed E-state index contributed by atoms with van der Waals surface area (Å²) in [4.78, 5) is 10.6. The van der Waals surface area contributed by atoms with Crippen LogP contribution in [0, 0.1) is 0 Å². The van der Waals surface area contributed by atoms with Crippen molar-refractivity contribution >= 4 is 13.6 Å². The number of hydrogen-bond donors (Lipinski definition) is 1. The Morgan fingerprint density at radius 3 is 2.78 bits per heavy atom. The molecule has 0 amide bonds. The second kappa shape index (κ2) is 2.50. The molecule has 1 aliphatic heterocycles. The highest BCUT2D eigenvalue weighted by Gasteiger charge is 2.28. The van der Waals surface area contributed by atoms with Crippen molar-refractivity contribution in [3.05, 3.63) is 0 Å². The second-order valence-electron chi connectivity index (χ2n) is 2.03. The van der Waals surface area contributed by atoms with Gasteiger partial charge in [-0.15, -0.1) is 0 Å². The van der Waals surface area contributed by atoms with Crippen molar-refractivity contribution in [3.8, 4) is 0 Å². The van der Waals surface area contributed by atoms with Crippen LogP contribution in [-0.4, -0.2) is 37.5 Å². The van der Waals surface area contributed by atoms with Gasteiger partial charge in [-0.1, -0.05) is 0 Å². The minimum Gasteiger partial charge on any atom is -0.394 e. The smallest absolute Gasteiger partial charge is 0.154 e. The topological polar surface area (TPSA) is 46.5 Å². The zero-order valence-electron chi connectivity index (χ0n) is 4.91. The van der Waals surface area contributed by atoms with E-state index in [0.717, 1.165) is 0 Å². The van der Waals surface area contributed by atoms with Crippen LogP contribution in [0.3, 0.4) is 0 Å². The third kappa shape index (κ3) is 1.31. The van der Waals surface area contributed by atoms with Crippen molar-refractivity contribution in [2.24, 2.45) is 0 Å². The molecule has 0 aromatic heterocycles. The van der Waals surface area contributed by atoms with E-state index in [1.807, 2.05) is 0 Å². The first kappa shape index (κ1) is 6.77. The number of aliphatic hydroxyl groups excluding tert-OH is 1. The Kier molecular flexibility index (Phi) is 1.88. The summed E-state index contributed by atoms with van der Waals surface area (Å²) in [7, 11) is 5.16. The monoisotopic (exact) mass is 126 g/mol. The number of carbonyl (C=O) groups is 1. The van der Waals surface area contributed by atoms with Crippen LogP contribution in [-0.2, 0) is 9.53 Å². The lowest BCUT2D eigenvalue weighted by Gasteiger charge is -2.03. The third-order valence-corrected chi connectivity index (χ3v) is 1.29. The third-order valence-electron chi connectivity index (χ3n) is 1.29. The molecule has 48 valence electrons. The van der Waals surface area contributed by atoms with E-state index in [2.05, 4.69) is 0 Å². The number of Topliss-reactive ketones (excluding diaryl/α,β-unsaturated/α-hetero) is 1. The summed E-state index contributed by atoms with van der Waals surface area (Å²) in [5, 5.41) is 8.47. The van der Waals surface area contributed by atoms with Gasteiger partial charge in [0.05, 0.1) is 18.7 Å². The van der Waals surface area contributed by atoms with E-state index in [1.165, 1.54) is 0 Å². The lowest BCUT2D eigenvalue weighted by molar-refractivity contribution is -0.119. The Labute approximate surface area is 54.4 Å². The minimum absolute atomic E-state index is 0.126. The number of hydrogen-bond acceptors (Lipinski definition) is 3. The largest absolute Gasteiger partial charge is 0.394 e. The van der Waals surface area contributed by atoms with Gasteiger partial charge in [-0.25, -0.2) is 0 Å². The van der Waals surface area contributed by atoms with Crippen molar-refractivity contribution in [2.75, 3.05) is 6.61 Å². The van der Waals surface area contributed by atoms with E-state index < -0.39 is 6.00 Å². The van der Waals surface area contributed by atoms with E-state index in [1.54, 1.807) is 0 Å². The van der Waals surface area contributed by atoms with Crippen molar-refractivity contribution in [3.63, 3.8) is 0 Å². The molecular weight excluding hydrogens is 119 g/mol. The van der Waals surface area contributed by atoms with Gasteiger partial charge in [-0.3, -0.25) is 4.79 Å². The molecule has 1 fully saturated rings. The van der Waals surface area contributed by atoms with Gasteiger partial charge in [-0.2, -0.15) is 0 Å². The van der Waals surface area contributed by atoms with Crippen molar-refractivity contribution in [1.29, 1.82) is 0 Å². The van der Waals surface area contributed by atoms with E-state index in [0.29, 0.717) is 0 Å². The maximum atomic E-state index is 10.6. The number of aliphatic hydroxyl groups is 1. The molecule has 0 aromatic carbocycles. The molecule has 1 saturated heterocycles. The van der Waals surface area contributed by atoms with Gasteiger partial charge < -0.3 is 9.84 Å². The SMILES string of the molecule is [B][C@@H]1O[C@H](CO)CC1=O. The van der Waals surface area contributed by atoms with Crippen LogP contribution in [0.5, 0.6) is 0 Å². The first-order valence-electron chi connectivity index (χ1n) is 2.78. The number of carbonyl (C=O) groups excluding carboxylic acids is 1. The van der Waals surface area contributed by atoms with Crippen LogP contribution in [0.15, 0.2) is 0 Å². The van der Waals surface area contributed by atoms with Gasteiger partial charge in [0.2, 0.25) is 0 Å². The molecule has 0 bridgehead atoms. The van der Waals surface area contributed by atoms with Crippen LogP contribution in [0.1, 0.15) is 6.42 Å². The summed E-state index contributed by atoms with van der Waals surface area (Å²) in [6.45, 7) is -0.126. The highest BCUT2D eigenvalue weighted by atomic mass is 16.5. The number of ketones is 1. The van der Waals surface area contributed by atoms with E-state index in [4.69, 9.17) is 17.7 Å². The molecular formula is C5H7BO3. The zero-order chi connectivity index (χ0) is 6.85. The fourth-order valence-electron chi connectivity index (χ4n) is 0.779. The van der Waals surface area contributed by atoms with Gasteiger partial charge in [-0.05, 0) is 0 Å². The molecule has 1 N–H and O–H groups in total. The van der Waals surface area contributed by atoms with Crippen LogP contribution >= 0.6 is 0 Å². The maximum Gasteiger partial charge on any atom is 0.154 e. The molecule has 0 unspecified atom stereocenters. The Bertz CT molecular complexity index is 125. The molecule has 3 nitrogen and oxygen atoms in total. The summed E-state index contributed by atoms with van der Waals surface area (Å²) >= 11 is 0. The fraction of sp³-hybridized carbons (Fsp3) is 0.800. The molecule has 0 spiro atoms. The Morgan fingerprint density at radius 2 is 2.56 bits per heavy atom. The first-order valence-corrected chi connectivity index (χ1v) is 2.78. The number of ether oxygens (including phenoxy) is 1. The molecule has 0 saturated carbocycles. The molecule has 2 radical (unpaired) electrons.